The van der Waals surface area contributed by atoms with Gasteiger partial charge in [-0.2, -0.15) is 0 Å². The largest absolute Gasteiger partial charge is 0.496 e. The third kappa shape index (κ3) is 4.16. The molecule has 0 aliphatic heterocycles. The minimum atomic E-state index is -0.577. The molecule has 0 saturated heterocycles. The number of carbonyl (C=O) groups is 1. The molecular weight excluding hydrogens is 404 g/mol. The van der Waals surface area contributed by atoms with Gasteiger partial charge >= 0.3 is 0 Å². The highest BCUT2D eigenvalue weighted by Crippen LogP contribution is 2.32. The van der Waals surface area contributed by atoms with E-state index in [0.29, 0.717) is 23.0 Å². The van der Waals surface area contributed by atoms with Crippen molar-refractivity contribution < 1.29 is 14.3 Å². The molecule has 7 heteroatoms. The van der Waals surface area contributed by atoms with Crippen molar-refractivity contribution in [1.82, 2.24) is 10.2 Å². The van der Waals surface area contributed by atoms with Gasteiger partial charge in [-0.05, 0) is 42.5 Å². The maximum absolute atomic E-state index is 11.7. The van der Waals surface area contributed by atoms with Gasteiger partial charge in [0.15, 0.2) is 5.82 Å². The minimum Gasteiger partial charge on any atom is -0.496 e. The molecule has 7 nitrogen and oxygen atoms in total. The van der Waals surface area contributed by atoms with E-state index in [-0.39, 0.29) is 12.2 Å². The van der Waals surface area contributed by atoms with E-state index in [1.54, 1.807) is 18.2 Å². The lowest BCUT2D eigenvalue weighted by Gasteiger charge is -2.13. The summed E-state index contributed by atoms with van der Waals surface area (Å²) < 4.78 is 10.6. The number of ether oxygens (including phenoxy) is 2. The summed E-state index contributed by atoms with van der Waals surface area (Å²) in [6, 6.07) is 20.4. The van der Waals surface area contributed by atoms with Crippen molar-refractivity contribution in [1.29, 1.82) is 0 Å². The Kier molecular flexibility index (Phi) is 5.86. The van der Waals surface area contributed by atoms with Crippen molar-refractivity contribution in [3.05, 3.63) is 72.3 Å². The van der Waals surface area contributed by atoms with Gasteiger partial charge in [0.1, 0.15) is 23.8 Å². The van der Waals surface area contributed by atoms with Crippen LogP contribution in [-0.4, -0.2) is 29.8 Å². The molecule has 1 heterocycles. The molecule has 0 bridgehead atoms. The smallest absolute Gasteiger partial charge is 0.252 e. The lowest BCUT2D eigenvalue weighted by Crippen LogP contribution is -2.13. The number of fused-ring (bicyclic) bond motifs is 1. The van der Waals surface area contributed by atoms with Gasteiger partial charge < -0.3 is 20.5 Å². The summed E-state index contributed by atoms with van der Waals surface area (Å²) in [5.41, 5.74) is 8.02. The molecule has 0 unspecified atom stereocenters. The minimum absolute atomic E-state index is 0.214. The maximum atomic E-state index is 11.7. The topological polar surface area (TPSA) is 99.4 Å². The van der Waals surface area contributed by atoms with Crippen molar-refractivity contribution in [2.75, 3.05) is 19.0 Å². The average molecular weight is 424 g/mol. The van der Waals surface area contributed by atoms with E-state index in [1.165, 1.54) is 7.11 Å². The summed E-state index contributed by atoms with van der Waals surface area (Å²) in [4.78, 5) is 11.7. The van der Waals surface area contributed by atoms with Crippen LogP contribution in [0.25, 0.3) is 22.0 Å². The molecule has 3 N–H and O–H groups in total. The lowest BCUT2D eigenvalue weighted by molar-refractivity contribution is 0.0997. The number of hydrogen-bond donors (Lipinski definition) is 2. The third-order valence-corrected chi connectivity index (χ3v) is 4.86. The first kappa shape index (κ1) is 20.7. The van der Waals surface area contributed by atoms with E-state index in [1.807, 2.05) is 48.5 Å². The number of benzene rings is 3. The first-order valence-electron chi connectivity index (χ1n) is 9.77. The van der Waals surface area contributed by atoms with Crippen LogP contribution in [0.4, 0.5) is 11.5 Å². The van der Waals surface area contributed by atoms with Crippen LogP contribution >= 0.6 is 0 Å². The molecule has 4 aromatic rings. The number of aromatic nitrogens is 2. The number of methoxy groups -OCH3 is 1. The Labute approximate surface area is 185 Å². The molecule has 0 radical (unpaired) electrons. The van der Waals surface area contributed by atoms with Gasteiger partial charge in [-0.3, -0.25) is 4.79 Å². The normalized spacial score (nSPS) is 10.4. The van der Waals surface area contributed by atoms with E-state index < -0.39 is 5.91 Å². The zero-order valence-corrected chi connectivity index (χ0v) is 17.3. The molecule has 3 aromatic carbocycles. The molecule has 4 rings (SSSR count). The Hall–Kier alpha value is -4.57. The zero-order chi connectivity index (χ0) is 22.5. The number of hydrogen-bond acceptors (Lipinski definition) is 6. The standard InChI is InChI=1S/C25H20N4O3/c1-3-14-32-18-11-8-16(9-12-18)23-19-6-4-5-7-20(19)25(29-28-23)27-17-10-13-22(31-2)21(15-17)24(26)30/h1,4-13,15H,14H2,2H3,(H2,26,30)(H,27,29). The average Bonchev–Trinajstić information content (AvgIpc) is 2.83. The lowest BCUT2D eigenvalue weighted by atomic mass is 10.0. The third-order valence-electron chi connectivity index (χ3n) is 4.86. The van der Waals surface area contributed by atoms with Crippen molar-refractivity contribution in [3.63, 3.8) is 0 Å². The summed E-state index contributed by atoms with van der Waals surface area (Å²) in [5, 5.41) is 13.9. The second-order valence-corrected chi connectivity index (χ2v) is 6.86. The monoisotopic (exact) mass is 424 g/mol. The highest BCUT2D eigenvalue weighted by atomic mass is 16.5. The van der Waals surface area contributed by atoms with Crippen molar-refractivity contribution in [3.8, 4) is 35.1 Å². The second kappa shape index (κ2) is 9.06. The number of rotatable bonds is 7. The van der Waals surface area contributed by atoms with Gasteiger partial charge in [0, 0.05) is 22.0 Å². The molecule has 0 spiro atoms. The summed E-state index contributed by atoms with van der Waals surface area (Å²) in [7, 11) is 1.49. The van der Waals surface area contributed by atoms with Gasteiger partial charge in [0.25, 0.3) is 5.91 Å². The number of nitrogens with one attached hydrogen (secondary N) is 1. The van der Waals surface area contributed by atoms with Crippen LogP contribution in [0.5, 0.6) is 11.5 Å². The van der Waals surface area contributed by atoms with Crippen LogP contribution in [0.15, 0.2) is 66.7 Å². The number of carbonyl (C=O) groups excluding carboxylic acids is 1. The van der Waals surface area contributed by atoms with E-state index in [4.69, 9.17) is 21.6 Å². The number of nitrogens with zero attached hydrogens (tertiary/aromatic N) is 2. The predicted molar refractivity (Wildman–Crippen MR) is 124 cm³/mol. The Morgan fingerprint density at radius 3 is 2.50 bits per heavy atom. The molecule has 158 valence electrons. The predicted octanol–water partition coefficient (Wildman–Crippen LogP) is 4.16. The molecule has 0 atom stereocenters. The first-order chi connectivity index (χ1) is 15.6. The highest BCUT2D eigenvalue weighted by Gasteiger charge is 2.14. The Balaban J connectivity index is 1.71. The van der Waals surface area contributed by atoms with Crippen LogP contribution in [0.1, 0.15) is 10.4 Å². The van der Waals surface area contributed by atoms with Crippen molar-refractivity contribution in [2.45, 2.75) is 0 Å². The number of amides is 1. The van der Waals surface area contributed by atoms with Crippen molar-refractivity contribution in [2.24, 2.45) is 5.73 Å². The fourth-order valence-corrected chi connectivity index (χ4v) is 3.36. The molecular formula is C25H20N4O3. The summed E-state index contributed by atoms with van der Waals surface area (Å²) in [6.07, 6.45) is 5.24. The summed E-state index contributed by atoms with van der Waals surface area (Å²) in [5.74, 6) is 3.52. The Bertz CT molecular complexity index is 1330. The Morgan fingerprint density at radius 2 is 1.81 bits per heavy atom. The highest BCUT2D eigenvalue weighted by molar-refractivity contribution is 6.01. The fraction of sp³-hybridized carbons (Fsp3) is 0.0800. The molecule has 0 saturated carbocycles. The number of nitrogens with two attached hydrogens (primary N) is 1. The van der Waals surface area contributed by atoms with Gasteiger partial charge in [0.05, 0.1) is 12.7 Å². The molecule has 0 aliphatic rings. The van der Waals surface area contributed by atoms with E-state index in [9.17, 15) is 4.79 Å². The van der Waals surface area contributed by atoms with Gasteiger partial charge in [-0.25, -0.2) is 0 Å². The van der Waals surface area contributed by atoms with Crippen LogP contribution in [0.3, 0.4) is 0 Å². The Morgan fingerprint density at radius 1 is 1.06 bits per heavy atom. The number of primary amides is 1. The zero-order valence-electron chi connectivity index (χ0n) is 17.3. The number of anilines is 2. The molecule has 0 fully saturated rings. The fourth-order valence-electron chi connectivity index (χ4n) is 3.36. The van der Waals surface area contributed by atoms with Gasteiger partial charge in [-0.15, -0.1) is 16.6 Å². The van der Waals surface area contributed by atoms with Crippen LogP contribution in [0.2, 0.25) is 0 Å². The summed E-state index contributed by atoms with van der Waals surface area (Å²) in [6.45, 7) is 0.214. The molecule has 32 heavy (non-hydrogen) atoms. The van der Waals surface area contributed by atoms with E-state index in [0.717, 1.165) is 22.0 Å². The van der Waals surface area contributed by atoms with Crippen LogP contribution in [0, 0.1) is 12.3 Å². The van der Waals surface area contributed by atoms with Crippen LogP contribution < -0.4 is 20.5 Å². The SMILES string of the molecule is C#CCOc1ccc(-c2nnc(Nc3ccc(OC)c(C(N)=O)c3)c3ccccc23)cc1. The first-order valence-corrected chi connectivity index (χ1v) is 9.77. The number of terminal acetylenes is 1. The molecule has 1 amide bonds. The molecule has 0 aliphatic carbocycles. The van der Waals surface area contributed by atoms with Crippen LogP contribution in [-0.2, 0) is 0 Å². The van der Waals surface area contributed by atoms with Gasteiger partial charge in [0.2, 0.25) is 0 Å². The second-order valence-electron chi connectivity index (χ2n) is 6.86. The van der Waals surface area contributed by atoms with E-state index >= 15 is 0 Å². The molecule has 1 aromatic heterocycles. The van der Waals surface area contributed by atoms with E-state index in [2.05, 4.69) is 21.4 Å². The van der Waals surface area contributed by atoms with Crippen molar-refractivity contribution >= 4 is 28.2 Å². The quantitative estimate of drug-likeness (QED) is 0.432. The van der Waals surface area contributed by atoms with Gasteiger partial charge in [-0.1, -0.05) is 30.2 Å². The summed E-state index contributed by atoms with van der Waals surface area (Å²) >= 11 is 0. The maximum Gasteiger partial charge on any atom is 0.252 e.